The maximum absolute atomic E-state index is 10.3. The SMILES string of the molecule is O[C@@H]1CCCC[C@H]1Nc1nnc(Cl)c2c1CCN(Cc1ccccc1)C2. The summed E-state index contributed by atoms with van der Waals surface area (Å²) >= 11 is 6.38. The molecule has 0 saturated heterocycles. The average Bonchev–Trinajstić information content (AvgIpc) is 2.67. The summed E-state index contributed by atoms with van der Waals surface area (Å²) in [6.45, 7) is 2.65. The Morgan fingerprint density at radius 1 is 1.12 bits per heavy atom. The lowest BCUT2D eigenvalue weighted by Crippen LogP contribution is -2.38. The molecular formula is C20H25ClN4O. The third kappa shape index (κ3) is 3.85. The standard InChI is InChI=1S/C20H25ClN4O/c21-19-16-13-25(12-14-6-2-1-3-7-14)11-10-15(16)20(24-23-19)22-17-8-4-5-9-18(17)26/h1-3,6-7,17-18,26H,4-5,8-13H2,(H,22,24)/t17-,18-/m1/s1. The van der Waals surface area contributed by atoms with Gasteiger partial charge in [0.1, 0.15) is 0 Å². The minimum atomic E-state index is -0.310. The van der Waals surface area contributed by atoms with Crippen LogP contribution in [0.1, 0.15) is 42.4 Å². The van der Waals surface area contributed by atoms with Gasteiger partial charge in [0.15, 0.2) is 11.0 Å². The van der Waals surface area contributed by atoms with Crippen molar-refractivity contribution < 1.29 is 5.11 Å². The van der Waals surface area contributed by atoms with Gasteiger partial charge < -0.3 is 10.4 Å². The fourth-order valence-electron chi connectivity index (χ4n) is 4.03. The number of halogens is 1. The lowest BCUT2D eigenvalue weighted by Gasteiger charge is -2.32. The molecule has 0 unspecified atom stereocenters. The first kappa shape index (κ1) is 17.7. The maximum Gasteiger partial charge on any atom is 0.156 e. The van der Waals surface area contributed by atoms with Crippen LogP contribution in [0.25, 0.3) is 0 Å². The zero-order valence-corrected chi connectivity index (χ0v) is 15.6. The molecule has 2 N–H and O–H groups in total. The van der Waals surface area contributed by atoms with E-state index in [0.717, 1.165) is 68.7 Å². The molecule has 1 aliphatic heterocycles. The number of nitrogens with zero attached hydrogens (tertiary/aromatic N) is 3. The van der Waals surface area contributed by atoms with Crippen LogP contribution in [0.5, 0.6) is 0 Å². The van der Waals surface area contributed by atoms with Crippen molar-refractivity contribution >= 4 is 17.4 Å². The molecule has 2 atom stereocenters. The summed E-state index contributed by atoms with van der Waals surface area (Å²) in [7, 11) is 0. The number of aromatic nitrogens is 2. The Kier molecular flexibility index (Phi) is 5.38. The fraction of sp³-hybridized carbons (Fsp3) is 0.500. The average molecular weight is 373 g/mol. The molecule has 138 valence electrons. The van der Waals surface area contributed by atoms with E-state index in [-0.39, 0.29) is 12.1 Å². The molecule has 1 saturated carbocycles. The number of aliphatic hydroxyl groups excluding tert-OH is 1. The topological polar surface area (TPSA) is 61.3 Å². The summed E-state index contributed by atoms with van der Waals surface area (Å²) in [4.78, 5) is 2.39. The summed E-state index contributed by atoms with van der Waals surface area (Å²) < 4.78 is 0. The van der Waals surface area contributed by atoms with Gasteiger partial charge in [-0.05, 0) is 24.8 Å². The highest BCUT2D eigenvalue weighted by Crippen LogP contribution is 2.31. The molecule has 1 aromatic carbocycles. The smallest absolute Gasteiger partial charge is 0.156 e. The highest BCUT2D eigenvalue weighted by Gasteiger charge is 2.27. The van der Waals surface area contributed by atoms with Gasteiger partial charge in [-0.1, -0.05) is 54.8 Å². The molecule has 0 spiro atoms. The number of nitrogens with one attached hydrogen (secondary N) is 1. The Bertz CT molecular complexity index is 755. The van der Waals surface area contributed by atoms with Crippen LogP contribution in [0.2, 0.25) is 5.15 Å². The predicted octanol–water partition coefficient (Wildman–Crippen LogP) is 3.40. The molecule has 0 amide bonds. The minimum absolute atomic E-state index is 0.0608. The molecule has 6 heteroatoms. The van der Waals surface area contributed by atoms with E-state index in [4.69, 9.17) is 11.6 Å². The van der Waals surface area contributed by atoms with Crippen molar-refractivity contribution in [3.05, 3.63) is 52.2 Å². The van der Waals surface area contributed by atoms with Crippen LogP contribution in [-0.2, 0) is 19.5 Å². The summed E-state index contributed by atoms with van der Waals surface area (Å²) in [6.07, 6.45) is 4.64. The van der Waals surface area contributed by atoms with E-state index in [0.29, 0.717) is 5.15 Å². The number of rotatable bonds is 4. The number of hydrogen-bond donors (Lipinski definition) is 2. The Morgan fingerprint density at radius 2 is 1.92 bits per heavy atom. The fourth-order valence-corrected chi connectivity index (χ4v) is 4.24. The molecule has 2 heterocycles. The van der Waals surface area contributed by atoms with Crippen molar-refractivity contribution in [2.45, 2.75) is 57.3 Å². The van der Waals surface area contributed by atoms with Gasteiger partial charge in [-0.2, -0.15) is 0 Å². The van der Waals surface area contributed by atoms with Crippen molar-refractivity contribution in [1.82, 2.24) is 15.1 Å². The van der Waals surface area contributed by atoms with E-state index in [2.05, 4.69) is 44.7 Å². The van der Waals surface area contributed by atoms with E-state index in [1.807, 2.05) is 6.07 Å². The molecule has 4 rings (SSSR count). The quantitative estimate of drug-likeness (QED) is 0.861. The van der Waals surface area contributed by atoms with Gasteiger partial charge in [0.25, 0.3) is 0 Å². The number of benzene rings is 1. The lowest BCUT2D eigenvalue weighted by atomic mass is 9.92. The second-order valence-electron chi connectivity index (χ2n) is 7.35. The van der Waals surface area contributed by atoms with E-state index in [1.54, 1.807) is 0 Å². The van der Waals surface area contributed by atoms with Crippen LogP contribution in [0.4, 0.5) is 5.82 Å². The summed E-state index contributed by atoms with van der Waals surface area (Å²) in [6, 6.07) is 10.6. The van der Waals surface area contributed by atoms with Crippen molar-refractivity contribution in [2.75, 3.05) is 11.9 Å². The molecule has 1 aromatic heterocycles. The van der Waals surface area contributed by atoms with Crippen molar-refractivity contribution in [2.24, 2.45) is 0 Å². The number of fused-ring (bicyclic) bond motifs is 1. The van der Waals surface area contributed by atoms with Crippen molar-refractivity contribution in [3.63, 3.8) is 0 Å². The number of hydrogen-bond acceptors (Lipinski definition) is 5. The summed E-state index contributed by atoms with van der Waals surface area (Å²) in [5.41, 5.74) is 3.53. The lowest BCUT2D eigenvalue weighted by molar-refractivity contribution is 0.116. The maximum atomic E-state index is 10.3. The van der Waals surface area contributed by atoms with Gasteiger partial charge in [0.2, 0.25) is 0 Å². The first-order valence-electron chi connectivity index (χ1n) is 9.45. The Balaban J connectivity index is 1.51. The Hall–Kier alpha value is -1.69. The van der Waals surface area contributed by atoms with Gasteiger partial charge >= 0.3 is 0 Å². The molecule has 0 bridgehead atoms. The van der Waals surface area contributed by atoms with Gasteiger partial charge in [-0.15, -0.1) is 10.2 Å². The monoisotopic (exact) mass is 372 g/mol. The molecule has 5 nitrogen and oxygen atoms in total. The molecule has 1 aliphatic carbocycles. The first-order valence-corrected chi connectivity index (χ1v) is 9.83. The second-order valence-corrected chi connectivity index (χ2v) is 7.70. The number of anilines is 1. The Morgan fingerprint density at radius 3 is 2.73 bits per heavy atom. The molecule has 0 radical (unpaired) electrons. The van der Waals surface area contributed by atoms with Crippen LogP contribution >= 0.6 is 11.6 Å². The second kappa shape index (κ2) is 7.91. The zero-order chi connectivity index (χ0) is 17.9. The van der Waals surface area contributed by atoms with Crippen LogP contribution in [0.3, 0.4) is 0 Å². The Labute approximate surface area is 159 Å². The van der Waals surface area contributed by atoms with Gasteiger partial charge in [-0.25, -0.2) is 0 Å². The third-order valence-electron chi connectivity index (χ3n) is 5.50. The van der Waals surface area contributed by atoms with E-state index >= 15 is 0 Å². The summed E-state index contributed by atoms with van der Waals surface area (Å²) in [5, 5.41) is 22.7. The molecule has 2 aromatic rings. The van der Waals surface area contributed by atoms with E-state index < -0.39 is 0 Å². The molecular weight excluding hydrogens is 348 g/mol. The first-order chi connectivity index (χ1) is 12.7. The van der Waals surface area contributed by atoms with Crippen LogP contribution in [0, 0.1) is 0 Å². The van der Waals surface area contributed by atoms with Gasteiger partial charge in [0, 0.05) is 30.8 Å². The van der Waals surface area contributed by atoms with Gasteiger partial charge in [-0.3, -0.25) is 4.90 Å². The minimum Gasteiger partial charge on any atom is -0.391 e. The van der Waals surface area contributed by atoms with Crippen molar-refractivity contribution in [1.29, 1.82) is 0 Å². The van der Waals surface area contributed by atoms with Crippen LogP contribution in [0.15, 0.2) is 30.3 Å². The predicted molar refractivity (Wildman–Crippen MR) is 103 cm³/mol. The molecule has 1 fully saturated rings. The van der Waals surface area contributed by atoms with Crippen LogP contribution in [-0.4, -0.2) is 38.9 Å². The normalized spacial score (nSPS) is 23.5. The molecule has 2 aliphatic rings. The van der Waals surface area contributed by atoms with Crippen LogP contribution < -0.4 is 5.32 Å². The third-order valence-corrected chi connectivity index (χ3v) is 5.80. The zero-order valence-electron chi connectivity index (χ0n) is 14.9. The van der Waals surface area contributed by atoms with Gasteiger partial charge in [0.05, 0.1) is 12.1 Å². The molecule has 26 heavy (non-hydrogen) atoms. The largest absolute Gasteiger partial charge is 0.391 e. The van der Waals surface area contributed by atoms with Crippen molar-refractivity contribution in [3.8, 4) is 0 Å². The summed E-state index contributed by atoms with van der Waals surface area (Å²) in [5.74, 6) is 0.801. The number of aliphatic hydroxyl groups is 1. The highest BCUT2D eigenvalue weighted by atomic mass is 35.5. The van der Waals surface area contributed by atoms with E-state index in [1.165, 1.54) is 5.56 Å². The highest BCUT2D eigenvalue weighted by molar-refractivity contribution is 6.30. The van der Waals surface area contributed by atoms with E-state index in [9.17, 15) is 5.11 Å².